The maximum Gasteiger partial charge on any atom is 0.293 e. The highest BCUT2D eigenvalue weighted by atomic mass is 32.2. The van der Waals surface area contributed by atoms with Gasteiger partial charge in [0.1, 0.15) is 12.4 Å². The third-order valence-corrected chi connectivity index (χ3v) is 7.29. The van der Waals surface area contributed by atoms with Crippen molar-refractivity contribution >= 4 is 57.0 Å². The largest absolute Gasteiger partial charge is 0.493 e. The Bertz CT molecular complexity index is 1750. The molecule has 1 saturated heterocycles. The van der Waals surface area contributed by atoms with Crippen LogP contribution < -0.4 is 19.5 Å². The lowest BCUT2D eigenvalue weighted by Crippen LogP contribution is -2.32. The lowest BCUT2D eigenvalue weighted by atomic mass is 10.1. The van der Waals surface area contributed by atoms with E-state index in [4.69, 9.17) is 14.2 Å². The number of thioether (sulfide) groups is 1. The summed E-state index contributed by atoms with van der Waals surface area (Å²) in [6.07, 6.45) is 1.58. The SMILES string of the molecule is COc1cc(/C=C2\SC(=O)N(CCOc3cccc4ccccc34)C2=O)ccc1OCC(=O)Nc1cccc([N+](=O)[O-])c1. The summed E-state index contributed by atoms with van der Waals surface area (Å²) >= 11 is 0.837. The maximum atomic E-state index is 13.0. The van der Waals surface area contributed by atoms with E-state index >= 15 is 0 Å². The number of ether oxygens (including phenoxy) is 3. The van der Waals surface area contributed by atoms with Crippen molar-refractivity contribution in [3.63, 3.8) is 0 Å². The van der Waals surface area contributed by atoms with Gasteiger partial charge < -0.3 is 19.5 Å². The highest BCUT2D eigenvalue weighted by molar-refractivity contribution is 8.18. The predicted molar refractivity (Wildman–Crippen MR) is 162 cm³/mol. The first-order valence-corrected chi connectivity index (χ1v) is 13.8. The number of fused-ring (bicyclic) bond motifs is 1. The number of nitrogens with zero attached hydrogens (tertiary/aromatic N) is 2. The van der Waals surface area contributed by atoms with Gasteiger partial charge in [0.2, 0.25) is 0 Å². The third kappa shape index (κ3) is 6.93. The molecule has 0 spiro atoms. The molecule has 0 aromatic heterocycles. The molecule has 0 atom stereocenters. The van der Waals surface area contributed by atoms with Crippen LogP contribution >= 0.6 is 11.8 Å². The van der Waals surface area contributed by atoms with Crippen molar-refractivity contribution in [3.8, 4) is 17.2 Å². The molecule has 0 unspecified atom stereocenters. The predicted octanol–water partition coefficient (Wildman–Crippen LogP) is 5.89. The van der Waals surface area contributed by atoms with Crippen LogP contribution in [0, 0.1) is 10.1 Å². The minimum Gasteiger partial charge on any atom is -0.493 e. The number of anilines is 1. The Kier molecular flexibility index (Phi) is 8.87. The molecule has 218 valence electrons. The van der Waals surface area contributed by atoms with Crippen molar-refractivity contribution in [2.45, 2.75) is 0 Å². The fourth-order valence-corrected chi connectivity index (χ4v) is 5.21. The number of non-ortho nitro benzene ring substituents is 1. The first kappa shape index (κ1) is 29.1. The van der Waals surface area contributed by atoms with Crippen molar-refractivity contribution < 1.29 is 33.5 Å². The molecule has 1 aliphatic heterocycles. The highest BCUT2D eigenvalue weighted by Crippen LogP contribution is 2.35. The summed E-state index contributed by atoms with van der Waals surface area (Å²) in [5, 5.41) is 15.1. The van der Waals surface area contributed by atoms with Gasteiger partial charge in [-0.25, -0.2) is 0 Å². The van der Waals surface area contributed by atoms with Gasteiger partial charge in [-0.15, -0.1) is 0 Å². The summed E-state index contributed by atoms with van der Waals surface area (Å²) in [6, 6.07) is 23.9. The van der Waals surface area contributed by atoms with E-state index in [9.17, 15) is 24.5 Å². The number of nitro benzene ring substituents is 1. The Hall–Kier alpha value is -5.36. The smallest absolute Gasteiger partial charge is 0.293 e. The second kappa shape index (κ2) is 13.1. The maximum absolute atomic E-state index is 13.0. The van der Waals surface area contributed by atoms with Crippen molar-refractivity contribution in [1.29, 1.82) is 0 Å². The van der Waals surface area contributed by atoms with Crippen LogP contribution in [0.2, 0.25) is 0 Å². The Morgan fingerprint density at radius 1 is 0.953 bits per heavy atom. The van der Waals surface area contributed by atoms with Gasteiger partial charge in [-0.05, 0) is 53.1 Å². The minimum absolute atomic E-state index is 0.0969. The second-order valence-corrected chi connectivity index (χ2v) is 10.2. The van der Waals surface area contributed by atoms with E-state index in [1.54, 1.807) is 24.3 Å². The second-order valence-electron chi connectivity index (χ2n) is 9.21. The summed E-state index contributed by atoms with van der Waals surface area (Å²) in [6.45, 7) is -0.133. The summed E-state index contributed by atoms with van der Waals surface area (Å²) in [5.41, 5.74) is 0.699. The molecule has 0 aliphatic carbocycles. The molecule has 0 saturated carbocycles. The molecule has 43 heavy (non-hydrogen) atoms. The molecule has 1 fully saturated rings. The number of imide groups is 1. The molecular weight excluding hydrogens is 574 g/mol. The number of nitro groups is 1. The van der Waals surface area contributed by atoms with Crippen molar-refractivity contribution in [3.05, 3.63) is 106 Å². The van der Waals surface area contributed by atoms with Crippen LogP contribution in [0.15, 0.2) is 89.8 Å². The van der Waals surface area contributed by atoms with Gasteiger partial charge in [0.05, 0.1) is 23.5 Å². The zero-order chi connectivity index (χ0) is 30.3. The summed E-state index contributed by atoms with van der Waals surface area (Å²) < 4.78 is 16.9. The number of amides is 3. The number of carbonyl (C=O) groups is 3. The number of hydrogen-bond donors (Lipinski definition) is 1. The van der Waals surface area contributed by atoms with E-state index < -0.39 is 16.7 Å². The Labute approximate surface area is 250 Å². The monoisotopic (exact) mass is 599 g/mol. The van der Waals surface area contributed by atoms with E-state index in [0.29, 0.717) is 17.1 Å². The molecule has 0 bridgehead atoms. The van der Waals surface area contributed by atoms with Crippen molar-refractivity contribution in [2.24, 2.45) is 0 Å². The van der Waals surface area contributed by atoms with Gasteiger partial charge in [0, 0.05) is 23.2 Å². The molecule has 1 aliphatic rings. The normalized spacial score (nSPS) is 13.8. The number of carbonyl (C=O) groups excluding carboxylic acids is 3. The Morgan fingerprint density at radius 3 is 2.56 bits per heavy atom. The van der Waals surface area contributed by atoms with Crippen molar-refractivity contribution in [2.75, 3.05) is 32.2 Å². The number of methoxy groups -OCH3 is 1. The third-order valence-electron chi connectivity index (χ3n) is 6.38. The molecule has 1 N–H and O–H groups in total. The molecule has 4 aromatic carbocycles. The average Bonchev–Trinajstić information content (AvgIpc) is 3.27. The number of nitrogens with one attached hydrogen (secondary N) is 1. The van der Waals surface area contributed by atoms with Gasteiger partial charge >= 0.3 is 0 Å². The fraction of sp³-hybridized carbons (Fsp3) is 0.129. The van der Waals surface area contributed by atoms with Crippen LogP contribution in [0.1, 0.15) is 5.56 Å². The standard InChI is InChI=1S/C31H25N3O8S/c1-40-27-16-20(12-13-26(27)42-19-29(35)32-22-8-5-9-23(18-22)34(38)39)17-28-30(36)33(31(37)43-28)14-15-41-25-11-4-7-21-6-2-3-10-24(21)25/h2-13,16-18H,14-15,19H2,1H3,(H,32,35)/b28-17-. The highest BCUT2D eigenvalue weighted by Gasteiger charge is 2.35. The zero-order valence-electron chi connectivity index (χ0n) is 22.9. The summed E-state index contributed by atoms with van der Waals surface area (Å²) in [5.74, 6) is 0.307. The molecule has 3 amide bonds. The van der Waals surface area contributed by atoms with Crippen LogP contribution in [0.4, 0.5) is 16.2 Å². The van der Waals surface area contributed by atoms with Crippen LogP contribution in [0.5, 0.6) is 17.2 Å². The van der Waals surface area contributed by atoms with Gasteiger partial charge in [-0.3, -0.25) is 29.4 Å². The van der Waals surface area contributed by atoms with E-state index in [0.717, 1.165) is 27.4 Å². The molecule has 0 radical (unpaired) electrons. The van der Waals surface area contributed by atoms with E-state index in [-0.39, 0.29) is 47.0 Å². The molecular formula is C31H25N3O8S. The summed E-state index contributed by atoms with van der Waals surface area (Å²) in [4.78, 5) is 49.7. The van der Waals surface area contributed by atoms with E-state index in [1.165, 1.54) is 31.4 Å². The molecule has 11 nitrogen and oxygen atoms in total. The topological polar surface area (TPSA) is 137 Å². The van der Waals surface area contributed by atoms with Crippen molar-refractivity contribution in [1.82, 2.24) is 4.90 Å². The molecule has 4 aromatic rings. The van der Waals surface area contributed by atoms with E-state index in [2.05, 4.69) is 5.32 Å². The first-order valence-electron chi connectivity index (χ1n) is 13.0. The number of rotatable bonds is 11. The number of hydrogen-bond acceptors (Lipinski definition) is 9. The zero-order valence-corrected chi connectivity index (χ0v) is 23.7. The lowest BCUT2D eigenvalue weighted by molar-refractivity contribution is -0.384. The van der Waals surface area contributed by atoms with Crippen LogP contribution in [-0.4, -0.2) is 53.7 Å². The van der Waals surface area contributed by atoms with Gasteiger partial charge in [-0.1, -0.05) is 48.5 Å². The quantitative estimate of drug-likeness (QED) is 0.127. The van der Waals surface area contributed by atoms with Crippen LogP contribution in [-0.2, 0) is 9.59 Å². The van der Waals surface area contributed by atoms with Gasteiger partial charge in [0.25, 0.3) is 22.7 Å². The molecule has 5 rings (SSSR count). The number of benzene rings is 4. The fourth-order valence-electron chi connectivity index (χ4n) is 4.34. The Balaban J connectivity index is 1.19. The summed E-state index contributed by atoms with van der Waals surface area (Å²) in [7, 11) is 1.43. The Morgan fingerprint density at radius 2 is 1.74 bits per heavy atom. The molecule has 1 heterocycles. The van der Waals surface area contributed by atoms with E-state index in [1.807, 2.05) is 42.5 Å². The minimum atomic E-state index is -0.555. The van der Waals surface area contributed by atoms with Gasteiger partial charge in [-0.2, -0.15) is 0 Å². The van der Waals surface area contributed by atoms with Crippen LogP contribution in [0.25, 0.3) is 16.8 Å². The molecule has 12 heteroatoms. The average molecular weight is 600 g/mol. The van der Waals surface area contributed by atoms with Crippen LogP contribution in [0.3, 0.4) is 0 Å². The first-order chi connectivity index (χ1) is 20.8. The lowest BCUT2D eigenvalue weighted by Gasteiger charge is -2.14. The van der Waals surface area contributed by atoms with Gasteiger partial charge in [0.15, 0.2) is 18.1 Å².